The fourth-order valence-electron chi connectivity index (χ4n) is 2.77. The first-order valence-corrected chi connectivity index (χ1v) is 8.23. The van der Waals surface area contributed by atoms with Gasteiger partial charge in [-0.1, -0.05) is 0 Å². The Hall–Kier alpha value is -3.00. The van der Waals surface area contributed by atoms with Gasteiger partial charge in [0.1, 0.15) is 5.75 Å². The summed E-state index contributed by atoms with van der Waals surface area (Å²) in [5.74, 6) is -0.482. The zero-order valence-electron chi connectivity index (χ0n) is 14.5. The summed E-state index contributed by atoms with van der Waals surface area (Å²) in [7, 11) is 1.79. The van der Waals surface area contributed by atoms with Crippen LogP contribution in [-0.2, 0) is 16.1 Å². The number of carbonyl (C=O) groups excluding carboxylic acids is 1. The van der Waals surface area contributed by atoms with Crippen LogP contribution < -0.4 is 4.74 Å². The quantitative estimate of drug-likeness (QED) is 0.821. The molecule has 0 aliphatic carbocycles. The molecule has 0 bridgehead atoms. The number of carboxylic acids is 1. The summed E-state index contributed by atoms with van der Waals surface area (Å²) in [6.07, 6.45) is 4.88. The monoisotopic (exact) mass is 356 g/mol. The molecule has 1 aliphatic heterocycles. The Morgan fingerprint density at radius 1 is 1.31 bits per heavy atom. The number of benzene rings is 1. The third-order valence-electron chi connectivity index (χ3n) is 4.20. The third-order valence-corrected chi connectivity index (χ3v) is 4.20. The van der Waals surface area contributed by atoms with Crippen molar-refractivity contribution in [3.05, 3.63) is 42.4 Å². The predicted molar refractivity (Wildman–Crippen MR) is 93.5 cm³/mol. The number of hydrogen-bond donors (Lipinski definition) is 1. The zero-order chi connectivity index (χ0) is 18.5. The Morgan fingerprint density at radius 3 is 2.85 bits per heavy atom. The fourth-order valence-corrected chi connectivity index (χ4v) is 2.77. The zero-order valence-corrected chi connectivity index (χ0v) is 14.5. The van der Waals surface area contributed by atoms with Gasteiger partial charge in [0.25, 0.3) is 0 Å². The number of ether oxygens (including phenoxy) is 1. The average molecular weight is 356 g/mol. The van der Waals surface area contributed by atoms with Gasteiger partial charge in [0.05, 0.1) is 18.4 Å². The highest BCUT2D eigenvalue weighted by Gasteiger charge is 2.22. The molecule has 8 heteroatoms. The van der Waals surface area contributed by atoms with E-state index in [0.29, 0.717) is 31.1 Å². The molecule has 0 atom stereocenters. The van der Waals surface area contributed by atoms with E-state index in [0.717, 1.165) is 17.7 Å². The summed E-state index contributed by atoms with van der Waals surface area (Å²) in [6.45, 7) is 1.80. The number of aromatic nitrogens is 2. The number of carboxylic acid groups (broad SMARTS) is 1. The number of rotatable bonds is 6. The number of carbonyl (C=O) groups is 2. The van der Waals surface area contributed by atoms with Crippen LogP contribution in [-0.4, -0.2) is 70.0 Å². The molecule has 3 rings (SSSR count). The molecule has 136 valence electrons. The van der Waals surface area contributed by atoms with E-state index in [1.165, 1.54) is 0 Å². The van der Waals surface area contributed by atoms with Crippen molar-refractivity contribution in [3.63, 3.8) is 0 Å². The lowest BCUT2D eigenvalue weighted by Gasteiger charge is -2.32. The van der Waals surface area contributed by atoms with Crippen molar-refractivity contribution < 1.29 is 19.4 Å². The maximum absolute atomic E-state index is 11.9. The molecule has 26 heavy (non-hydrogen) atoms. The second-order valence-electron chi connectivity index (χ2n) is 6.12. The van der Waals surface area contributed by atoms with Gasteiger partial charge in [0.15, 0.2) is 6.61 Å². The molecule has 1 aromatic carbocycles. The first-order chi connectivity index (χ1) is 12.5. The van der Waals surface area contributed by atoms with Gasteiger partial charge in [-0.3, -0.25) is 19.7 Å². The van der Waals surface area contributed by atoms with Gasteiger partial charge in [-0.25, -0.2) is 4.79 Å². The SMILES string of the molecule is CN1CCN(Cc2cc(-c3cnccn3)ccc2OCC(=O)O)CC1=O. The largest absolute Gasteiger partial charge is 0.482 e. The van der Waals surface area contributed by atoms with Crippen LogP contribution in [0.3, 0.4) is 0 Å². The van der Waals surface area contributed by atoms with Crippen molar-refractivity contribution >= 4 is 11.9 Å². The molecule has 0 saturated carbocycles. The minimum Gasteiger partial charge on any atom is -0.482 e. The van der Waals surface area contributed by atoms with Gasteiger partial charge in [-0.2, -0.15) is 0 Å². The topological polar surface area (TPSA) is 95.9 Å². The minimum atomic E-state index is -1.04. The van der Waals surface area contributed by atoms with Crippen molar-refractivity contribution in [1.29, 1.82) is 0 Å². The van der Waals surface area contributed by atoms with Crippen LogP contribution in [0.15, 0.2) is 36.8 Å². The first kappa shape index (κ1) is 17.8. The first-order valence-electron chi connectivity index (χ1n) is 8.23. The van der Waals surface area contributed by atoms with Crippen molar-refractivity contribution in [2.45, 2.75) is 6.54 Å². The number of piperazine rings is 1. The van der Waals surface area contributed by atoms with E-state index in [4.69, 9.17) is 9.84 Å². The van der Waals surface area contributed by atoms with Gasteiger partial charge in [0, 0.05) is 50.2 Å². The average Bonchev–Trinajstić information content (AvgIpc) is 2.64. The van der Waals surface area contributed by atoms with Gasteiger partial charge in [-0.15, -0.1) is 0 Å². The Bertz CT molecular complexity index is 797. The molecule has 1 fully saturated rings. The van der Waals surface area contributed by atoms with Crippen molar-refractivity contribution in [1.82, 2.24) is 19.8 Å². The Morgan fingerprint density at radius 2 is 2.15 bits per heavy atom. The van der Waals surface area contributed by atoms with Crippen LogP contribution in [0.5, 0.6) is 5.75 Å². The van der Waals surface area contributed by atoms with E-state index >= 15 is 0 Å². The Labute approximate surface area is 151 Å². The molecule has 1 aromatic heterocycles. The molecule has 0 radical (unpaired) electrons. The minimum absolute atomic E-state index is 0.0642. The summed E-state index contributed by atoms with van der Waals surface area (Å²) in [5, 5.41) is 8.88. The van der Waals surface area contributed by atoms with E-state index in [9.17, 15) is 9.59 Å². The van der Waals surface area contributed by atoms with Gasteiger partial charge in [-0.05, 0) is 18.2 Å². The molecule has 0 spiro atoms. The lowest BCUT2D eigenvalue weighted by molar-refractivity contribution is -0.139. The normalized spacial score (nSPS) is 15.1. The van der Waals surface area contributed by atoms with Crippen molar-refractivity contribution in [2.24, 2.45) is 0 Å². The number of aliphatic carboxylic acids is 1. The summed E-state index contributed by atoms with van der Waals surface area (Å²) < 4.78 is 5.42. The van der Waals surface area contributed by atoms with Crippen LogP contribution in [0.25, 0.3) is 11.3 Å². The van der Waals surface area contributed by atoms with Crippen LogP contribution >= 0.6 is 0 Å². The molecular formula is C18H20N4O4. The molecule has 1 aliphatic rings. The highest BCUT2D eigenvalue weighted by atomic mass is 16.5. The molecule has 1 amide bonds. The number of hydrogen-bond acceptors (Lipinski definition) is 6. The summed E-state index contributed by atoms with van der Waals surface area (Å²) in [4.78, 5) is 34.9. The summed E-state index contributed by atoms with van der Waals surface area (Å²) >= 11 is 0. The number of nitrogens with zero attached hydrogens (tertiary/aromatic N) is 4. The van der Waals surface area contributed by atoms with Gasteiger partial charge in [0.2, 0.25) is 5.91 Å². The molecule has 1 saturated heterocycles. The molecule has 8 nitrogen and oxygen atoms in total. The van der Waals surface area contributed by atoms with Gasteiger partial charge >= 0.3 is 5.97 Å². The lowest BCUT2D eigenvalue weighted by Crippen LogP contribution is -2.48. The number of amides is 1. The fraction of sp³-hybridized carbons (Fsp3) is 0.333. The van der Waals surface area contributed by atoms with Gasteiger partial charge < -0.3 is 14.7 Å². The smallest absolute Gasteiger partial charge is 0.341 e. The maximum atomic E-state index is 11.9. The molecule has 1 N–H and O–H groups in total. The maximum Gasteiger partial charge on any atom is 0.341 e. The van der Waals surface area contributed by atoms with E-state index in [-0.39, 0.29) is 5.91 Å². The van der Waals surface area contributed by atoms with E-state index < -0.39 is 12.6 Å². The third kappa shape index (κ3) is 4.34. The van der Waals surface area contributed by atoms with Crippen LogP contribution in [0.2, 0.25) is 0 Å². The Kier molecular flexibility index (Phi) is 5.43. The number of likely N-dealkylation sites (N-methyl/N-ethyl adjacent to an activating group) is 1. The van der Waals surface area contributed by atoms with Crippen LogP contribution in [0, 0.1) is 0 Å². The van der Waals surface area contributed by atoms with Crippen LogP contribution in [0.1, 0.15) is 5.56 Å². The second kappa shape index (κ2) is 7.92. The summed E-state index contributed by atoms with van der Waals surface area (Å²) in [5.41, 5.74) is 2.39. The molecule has 0 unspecified atom stereocenters. The van der Waals surface area contributed by atoms with E-state index in [2.05, 4.69) is 9.97 Å². The molecular weight excluding hydrogens is 336 g/mol. The van der Waals surface area contributed by atoms with E-state index in [1.54, 1.807) is 36.6 Å². The second-order valence-corrected chi connectivity index (χ2v) is 6.12. The predicted octanol–water partition coefficient (Wildman–Crippen LogP) is 0.881. The van der Waals surface area contributed by atoms with Crippen LogP contribution in [0.4, 0.5) is 0 Å². The Balaban J connectivity index is 1.85. The molecule has 2 aromatic rings. The standard InChI is InChI=1S/C18H20N4O4/c1-21-6-7-22(11-17(21)23)10-14-8-13(15-9-19-4-5-20-15)2-3-16(14)26-12-18(24)25/h2-5,8-9H,6-7,10-12H2,1H3,(H,24,25). The molecule has 2 heterocycles. The van der Waals surface area contributed by atoms with Crippen molar-refractivity contribution in [3.8, 4) is 17.0 Å². The van der Waals surface area contributed by atoms with E-state index in [1.807, 2.05) is 17.0 Å². The highest BCUT2D eigenvalue weighted by Crippen LogP contribution is 2.27. The lowest BCUT2D eigenvalue weighted by atomic mass is 10.1. The highest BCUT2D eigenvalue weighted by molar-refractivity contribution is 5.78. The summed E-state index contributed by atoms with van der Waals surface area (Å²) in [6, 6.07) is 5.46. The van der Waals surface area contributed by atoms with Crippen molar-refractivity contribution in [2.75, 3.05) is 33.3 Å².